The number of hydrogen-bond acceptors (Lipinski definition) is 5. The van der Waals surface area contributed by atoms with Crippen molar-refractivity contribution >= 4 is 23.5 Å². The molecule has 0 heterocycles. The molecule has 0 saturated heterocycles. The SMILES string of the molecule is CCCCOc1cc(N=C=O)cc(N=C=O)c1. The Kier molecular flexibility index (Phi) is 5.38. The van der Waals surface area contributed by atoms with Gasteiger partial charge in [-0.15, -0.1) is 0 Å². The van der Waals surface area contributed by atoms with E-state index in [4.69, 9.17) is 4.74 Å². The van der Waals surface area contributed by atoms with Gasteiger partial charge in [0.05, 0.1) is 18.0 Å². The van der Waals surface area contributed by atoms with Crippen LogP contribution in [0.15, 0.2) is 28.2 Å². The highest BCUT2D eigenvalue weighted by molar-refractivity contribution is 5.61. The average molecular weight is 232 g/mol. The molecule has 5 heteroatoms. The zero-order valence-electron chi connectivity index (χ0n) is 9.47. The first kappa shape index (κ1) is 12.8. The van der Waals surface area contributed by atoms with Gasteiger partial charge in [-0.3, -0.25) is 0 Å². The van der Waals surface area contributed by atoms with Crippen LogP contribution >= 0.6 is 0 Å². The summed E-state index contributed by atoms with van der Waals surface area (Å²) in [5.74, 6) is 0.518. The lowest BCUT2D eigenvalue weighted by Gasteiger charge is -2.06. The fourth-order valence-electron chi connectivity index (χ4n) is 1.22. The molecule has 0 N–H and O–H groups in total. The molecule has 0 aliphatic rings. The maximum absolute atomic E-state index is 10.2. The lowest BCUT2D eigenvalue weighted by Crippen LogP contribution is -1.95. The van der Waals surface area contributed by atoms with Crippen molar-refractivity contribution in [2.75, 3.05) is 6.61 Å². The number of unbranched alkanes of at least 4 members (excludes halogenated alkanes) is 1. The largest absolute Gasteiger partial charge is 0.493 e. The van der Waals surface area contributed by atoms with Crippen LogP contribution in [0.5, 0.6) is 5.75 Å². The molecule has 0 saturated carbocycles. The Labute approximate surface area is 98.8 Å². The van der Waals surface area contributed by atoms with Gasteiger partial charge in [0.25, 0.3) is 0 Å². The van der Waals surface area contributed by atoms with Crippen molar-refractivity contribution in [1.29, 1.82) is 0 Å². The van der Waals surface area contributed by atoms with Gasteiger partial charge in [0, 0.05) is 12.1 Å². The molecule has 1 rings (SSSR count). The van der Waals surface area contributed by atoms with Crippen LogP contribution in [0.4, 0.5) is 11.4 Å². The Morgan fingerprint density at radius 1 is 1.12 bits per heavy atom. The Bertz CT molecular complexity index is 436. The van der Waals surface area contributed by atoms with Crippen LogP contribution in [0.2, 0.25) is 0 Å². The summed E-state index contributed by atoms with van der Waals surface area (Å²) >= 11 is 0. The third-order valence-corrected chi connectivity index (χ3v) is 1.99. The molecule has 0 unspecified atom stereocenters. The molecule has 5 nitrogen and oxygen atoms in total. The summed E-state index contributed by atoms with van der Waals surface area (Å²) in [4.78, 5) is 27.3. The summed E-state index contributed by atoms with van der Waals surface area (Å²) in [6, 6.07) is 4.65. The van der Waals surface area contributed by atoms with Crippen LogP contribution < -0.4 is 4.74 Å². The van der Waals surface area contributed by atoms with Crippen molar-refractivity contribution < 1.29 is 14.3 Å². The Morgan fingerprint density at radius 2 is 1.71 bits per heavy atom. The van der Waals surface area contributed by atoms with E-state index in [0.29, 0.717) is 23.7 Å². The molecule has 0 fully saturated rings. The van der Waals surface area contributed by atoms with Gasteiger partial charge in [-0.1, -0.05) is 13.3 Å². The van der Waals surface area contributed by atoms with Gasteiger partial charge in [0.1, 0.15) is 5.75 Å². The van der Waals surface area contributed by atoms with E-state index in [1.807, 2.05) is 0 Å². The highest BCUT2D eigenvalue weighted by Crippen LogP contribution is 2.27. The van der Waals surface area contributed by atoms with Gasteiger partial charge >= 0.3 is 0 Å². The van der Waals surface area contributed by atoms with Crippen LogP contribution in [0.1, 0.15) is 19.8 Å². The number of ether oxygens (including phenoxy) is 1. The molecule has 0 bridgehead atoms. The van der Waals surface area contributed by atoms with Crippen LogP contribution in [-0.4, -0.2) is 18.8 Å². The van der Waals surface area contributed by atoms with Gasteiger partial charge < -0.3 is 4.74 Å². The molecule has 17 heavy (non-hydrogen) atoms. The zero-order valence-corrected chi connectivity index (χ0v) is 9.47. The van der Waals surface area contributed by atoms with Gasteiger partial charge in [-0.05, 0) is 12.5 Å². The topological polar surface area (TPSA) is 68.1 Å². The predicted molar refractivity (Wildman–Crippen MR) is 62.4 cm³/mol. The molecular formula is C12H12N2O3. The first-order valence-corrected chi connectivity index (χ1v) is 5.23. The molecule has 88 valence electrons. The summed E-state index contributed by atoms with van der Waals surface area (Å²) in [5, 5.41) is 0. The highest BCUT2D eigenvalue weighted by atomic mass is 16.5. The van der Waals surface area contributed by atoms with E-state index in [-0.39, 0.29) is 0 Å². The number of benzene rings is 1. The second kappa shape index (κ2) is 7.12. The molecule has 0 aromatic heterocycles. The predicted octanol–water partition coefficient (Wildman–Crippen LogP) is 2.80. The number of nitrogens with zero attached hydrogens (tertiary/aromatic N) is 2. The lowest BCUT2D eigenvalue weighted by molar-refractivity contribution is 0.309. The fourth-order valence-corrected chi connectivity index (χ4v) is 1.22. The summed E-state index contributed by atoms with van der Waals surface area (Å²) < 4.78 is 5.44. The van der Waals surface area contributed by atoms with Crippen molar-refractivity contribution in [3.8, 4) is 5.75 Å². The second-order valence-electron chi connectivity index (χ2n) is 3.29. The number of carbonyl (C=O) groups excluding carboxylic acids is 2. The van der Waals surface area contributed by atoms with E-state index in [1.54, 1.807) is 12.1 Å². The maximum Gasteiger partial charge on any atom is 0.240 e. The fraction of sp³-hybridized carbons (Fsp3) is 0.333. The minimum absolute atomic E-state index is 0.350. The van der Waals surface area contributed by atoms with E-state index in [9.17, 15) is 9.59 Å². The Morgan fingerprint density at radius 3 is 2.18 bits per heavy atom. The number of hydrogen-bond donors (Lipinski definition) is 0. The van der Waals surface area contributed by atoms with E-state index in [1.165, 1.54) is 18.2 Å². The Hall–Kier alpha value is -2.22. The maximum atomic E-state index is 10.2. The lowest BCUT2D eigenvalue weighted by atomic mass is 10.2. The van der Waals surface area contributed by atoms with E-state index >= 15 is 0 Å². The minimum atomic E-state index is 0.350. The summed E-state index contributed by atoms with van der Waals surface area (Å²) in [7, 11) is 0. The van der Waals surface area contributed by atoms with Gasteiger partial charge in [-0.2, -0.15) is 9.98 Å². The Balaban J connectivity index is 2.94. The first-order chi connectivity index (χ1) is 8.30. The zero-order chi connectivity index (χ0) is 12.5. The second-order valence-corrected chi connectivity index (χ2v) is 3.29. The van der Waals surface area contributed by atoms with Crippen LogP contribution in [0.25, 0.3) is 0 Å². The first-order valence-electron chi connectivity index (χ1n) is 5.23. The number of rotatable bonds is 6. The molecule has 0 amide bonds. The molecule has 0 aliphatic heterocycles. The van der Waals surface area contributed by atoms with Crippen LogP contribution in [-0.2, 0) is 9.59 Å². The van der Waals surface area contributed by atoms with Crippen molar-refractivity contribution in [3.63, 3.8) is 0 Å². The standard InChI is InChI=1S/C12H12N2O3/c1-2-3-4-17-12-6-10(13-8-15)5-11(7-12)14-9-16/h5-7H,2-4H2,1H3. The number of isocyanates is 2. The molecular weight excluding hydrogens is 220 g/mol. The van der Waals surface area contributed by atoms with Crippen molar-refractivity contribution in [3.05, 3.63) is 18.2 Å². The van der Waals surface area contributed by atoms with Crippen molar-refractivity contribution in [1.82, 2.24) is 0 Å². The molecule has 0 radical (unpaired) electrons. The van der Waals surface area contributed by atoms with Gasteiger partial charge in [-0.25, -0.2) is 9.59 Å². The van der Waals surface area contributed by atoms with Crippen molar-refractivity contribution in [2.45, 2.75) is 19.8 Å². The third kappa shape index (κ3) is 4.43. The summed E-state index contributed by atoms with van der Waals surface area (Å²) in [5.41, 5.74) is 0.700. The smallest absolute Gasteiger partial charge is 0.240 e. The van der Waals surface area contributed by atoms with Crippen LogP contribution in [0.3, 0.4) is 0 Å². The summed E-state index contributed by atoms with van der Waals surface area (Å²) in [6.45, 7) is 2.62. The summed E-state index contributed by atoms with van der Waals surface area (Å²) in [6.07, 6.45) is 4.80. The number of aliphatic imine (C=N–C) groups is 2. The van der Waals surface area contributed by atoms with Crippen LogP contribution in [0, 0.1) is 0 Å². The average Bonchev–Trinajstić information content (AvgIpc) is 2.30. The molecule has 1 aromatic rings. The van der Waals surface area contributed by atoms with E-state index in [0.717, 1.165) is 12.8 Å². The van der Waals surface area contributed by atoms with Gasteiger partial charge in [0.15, 0.2) is 0 Å². The molecule has 1 aromatic carbocycles. The third-order valence-electron chi connectivity index (χ3n) is 1.99. The quantitative estimate of drug-likeness (QED) is 0.430. The van der Waals surface area contributed by atoms with Crippen molar-refractivity contribution in [2.24, 2.45) is 9.98 Å². The highest BCUT2D eigenvalue weighted by Gasteiger charge is 2.01. The van der Waals surface area contributed by atoms with E-state index < -0.39 is 0 Å². The minimum Gasteiger partial charge on any atom is -0.493 e. The molecule has 0 spiro atoms. The normalized spacial score (nSPS) is 9.00. The monoisotopic (exact) mass is 232 g/mol. The van der Waals surface area contributed by atoms with Gasteiger partial charge in [0.2, 0.25) is 12.2 Å². The molecule has 0 atom stereocenters. The molecule has 0 aliphatic carbocycles. The van der Waals surface area contributed by atoms with E-state index in [2.05, 4.69) is 16.9 Å².